The maximum atomic E-state index is 5.47. The molecule has 0 fully saturated rings. The number of allylic oxidation sites excluding steroid dienone is 1. The van der Waals surface area contributed by atoms with E-state index in [1.165, 1.54) is 0 Å². The molecule has 1 nitrogen and oxygen atoms in total. The van der Waals surface area contributed by atoms with Gasteiger partial charge in [0, 0.05) is 11.3 Å². The van der Waals surface area contributed by atoms with E-state index in [9.17, 15) is 0 Å². The number of thiazole rings is 1. The predicted octanol–water partition coefficient (Wildman–Crippen LogP) is 2.79. The molecule has 1 aromatic rings. The zero-order valence-corrected chi connectivity index (χ0v) is 7.03. The summed E-state index contributed by atoms with van der Waals surface area (Å²) in [5, 5.41) is 2.00. The summed E-state index contributed by atoms with van der Waals surface area (Å²) in [4.78, 5) is 4.08. The van der Waals surface area contributed by atoms with Crippen LogP contribution in [0.3, 0.4) is 0 Å². The number of rotatable bonds is 3. The quantitative estimate of drug-likeness (QED) is 0.641. The molecular weight excluding hydrogens is 166 g/mol. The molecule has 0 radical (unpaired) electrons. The van der Waals surface area contributed by atoms with E-state index in [0.29, 0.717) is 5.88 Å². The van der Waals surface area contributed by atoms with E-state index < -0.39 is 0 Å². The molecule has 1 aromatic heterocycles. The van der Waals surface area contributed by atoms with Gasteiger partial charge in [-0.1, -0.05) is 6.08 Å². The van der Waals surface area contributed by atoms with Gasteiger partial charge >= 0.3 is 0 Å². The van der Waals surface area contributed by atoms with Crippen molar-refractivity contribution in [3.63, 3.8) is 0 Å². The van der Waals surface area contributed by atoms with Gasteiger partial charge < -0.3 is 0 Å². The first kappa shape index (κ1) is 7.76. The Morgan fingerprint density at radius 3 is 3.20 bits per heavy atom. The summed E-state index contributed by atoms with van der Waals surface area (Å²) < 4.78 is 0. The minimum atomic E-state index is 0.681. The highest BCUT2D eigenvalue weighted by atomic mass is 35.5. The fourth-order valence-electron chi connectivity index (χ4n) is 0.571. The number of hydrogen-bond donors (Lipinski definition) is 0. The molecule has 1 heterocycles. The van der Waals surface area contributed by atoms with Gasteiger partial charge in [-0.15, -0.1) is 22.9 Å². The van der Waals surface area contributed by atoms with Crippen LogP contribution < -0.4 is 0 Å². The number of aromatic nitrogens is 1. The summed E-state index contributed by atoms with van der Waals surface area (Å²) in [6.07, 6.45) is 4.93. The Kier molecular flexibility index (Phi) is 3.47. The maximum absolute atomic E-state index is 5.47. The average molecular weight is 174 g/mol. The first-order valence-corrected chi connectivity index (χ1v) is 4.52. The predicted molar refractivity (Wildman–Crippen MR) is 46.5 cm³/mol. The van der Waals surface area contributed by atoms with Crippen molar-refractivity contribution in [1.29, 1.82) is 0 Å². The molecular formula is C7H8ClNS. The highest BCUT2D eigenvalue weighted by Gasteiger charge is 1.84. The summed E-state index contributed by atoms with van der Waals surface area (Å²) >= 11 is 7.07. The van der Waals surface area contributed by atoms with Gasteiger partial charge in [-0.05, 0) is 12.5 Å². The number of nitrogens with zero attached hydrogens (tertiary/aromatic N) is 1. The number of hydrogen-bond acceptors (Lipinski definition) is 2. The van der Waals surface area contributed by atoms with Crippen LogP contribution in [0.25, 0.3) is 6.08 Å². The van der Waals surface area contributed by atoms with E-state index in [0.717, 1.165) is 12.1 Å². The zero-order chi connectivity index (χ0) is 7.23. The van der Waals surface area contributed by atoms with Gasteiger partial charge in [0.15, 0.2) is 0 Å². The molecule has 0 aliphatic heterocycles. The minimum absolute atomic E-state index is 0.681. The van der Waals surface area contributed by atoms with Crippen LogP contribution in [0.5, 0.6) is 0 Å². The van der Waals surface area contributed by atoms with Gasteiger partial charge in [-0.3, -0.25) is 0 Å². The molecule has 0 unspecified atom stereocenters. The second-order valence-corrected chi connectivity index (χ2v) is 2.89. The second kappa shape index (κ2) is 4.47. The van der Waals surface area contributed by atoms with Crippen LogP contribution >= 0.6 is 22.9 Å². The third-order valence-electron chi connectivity index (χ3n) is 1.02. The molecule has 0 amide bonds. The van der Waals surface area contributed by atoms with Gasteiger partial charge in [0.1, 0.15) is 0 Å². The molecule has 0 saturated carbocycles. The van der Waals surface area contributed by atoms with Crippen molar-refractivity contribution in [2.24, 2.45) is 0 Å². The lowest BCUT2D eigenvalue weighted by Crippen LogP contribution is -1.69. The van der Waals surface area contributed by atoms with Gasteiger partial charge in [0.25, 0.3) is 0 Å². The standard InChI is InChI=1S/C7H8ClNS/c8-4-2-1-3-7-5-10-6-9-7/h1,3,5-6H,2,4H2/b3-1+. The molecule has 0 spiro atoms. The summed E-state index contributed by atoms with van der Waals surface area (Å²) in [7, 11) is 0. The van der Waals surface area contributed by atoms with E-state index in [4.69, 9.17) is 11.6 Å². The van der Waals surface area contributed by atoms with Crippen molar-refractivity contribution in [2.75, 3.05) is 5.88 Å². The van der Waals surface area contributed by atoms with E-state index >= 15 is 0 Å². The smallest absolute Gasteiger partial charge is 0.0798 e. The fourth-order valence-corrected chi connectivity index (χ4v) is 1.22. The van der Waals surface area contributed by atoms with Crippen molar-refractivity contribution in [3.05, 3.63) is 22.7 Å². The first-order chi connectivity index (χ1) is 4.93. The highest BCUT2D eigenvalue weighted by molar-refractivity contribution is 7.07. The van der Waals surface area contributed by atoms with Crippen LogP contribution in [-0.2, 0) is 0 Å². The Hall–Kier alpha value is -0.340. The molecule has 0 aliphatic carbocycles. The minimum Gasteiger partial charge on any atom is -0.245 e. The lowest BCUT2D eigenvalue weighted by Gasteiger charge is -1.81. The molecule has 0 aromatic carbocycles. The summed E-state index contributed by atoms with van der Waals surface area (Å²) in [6, 6.07) is 0. The van der Waals surface area contributed by atoms with Crippen molar-refractivity contribution >= 4 is 29.0 Å². The molecule has 3 heteroatoms. The number of alkyl halides is 1. The molecule has 1 rings (SSSR count). The van der Waals surface area contributed by atoms with E-state index in [2.05, 4.69) is 4.98 Å². The molecule has 0 saturated heterocycles. The van der Waals surface area contributed by atoms with Crippen LogP contribution in [0.15, 0.2) is 17.0 Å². The normalized spacial score (nSPS) is 10.9. The van der Waals surface area contributed by atoms with E-state index in [1.807, 2.05) is 23.0 Å². The second-order valence-electron chi connectivity index (χ2n) is 1.79. The maximum Gasteiger partial charge on any atom is 0.0798 e. The number of halogens is 1. The Morgan fingerprint density at radius 2 is 2.60 bits per heavy atom. The Labute approximate surface area is 69.4 Å². The van der Waals surface area contributed by atoms with Gasteiger partial charge in [0.2, 0.25) is 0 Å². The SMILES string of the molecule is ClCC/C=C/c1cscn1. The van der Waals surface area contributed by atoms with Crippen molar-refractivity contribution in [1.82, 2.24) is 4.98 Å². The lowest BCUT2D eigenvalue weighted by molar-refractivity contribution is 1.24. The van der Waals surface area contributed by atoms with Crippen LogP contribution in [0.4, 0.5) is 0 Å². The Bertz CT molecular complexity index is 193. The topological polar surface area (TPSA) is 12.9 Å². The van der Waals surface area contributed by atoms with Crippen molar-refractivity contribution in [2.45, 2.75) is 6.42 Å². The lowest BCUT2D eigenvalue weighted by atomic mass is 10.4. The van der Waals surface area contributed by atoms with Crippen LogP contribution in [0, 0.1) is 0 Å². The molecule has 0 aliphatic rings. The summed E-state index contributed by atoms with van der Waals surface area (Å²) in [5.41, 5.74) is 2.84. The Morgan fingerprint density at radius 1 is 1.70 bits per heavy atom. The Balaban J connectivity index is 2.40. The largest absolute Gasteiger partial charge is 0.245 e. The fraction of sp³-hybridized carbons (Fsp3) is 0.286. The van der Waals surface area contributed by atoms with Gasteiger partial charge in [-0.2, -0.15) is 0 Å². The molecule has 0 N–H and O–H groups in total. The summed E-state index contributed by atoms with van der Waals surface area (Å²) in [5.74, 6) is 0.681. The van der Waals surface area contributed by atoms with Crippen molar-refractivity contribution < 1.29 is 0 Å². The van der Waals surface area contributed by atoms with Crippen LogP contribution in [-0.4, -0.2) is 10.9 Å². The van der Waals surface area contributed by atoms with E-state index in [-0.39, 0.29) is 0 Å². The monoisotopic (exact) mass is 173 g/mol. The summed E-state index contributed by atoms with van der Waals surface area (Å²) in [6.45, 7) is 0. The van der Waals surface area contributed by atoms with Crippen LogP contribution in [0.1, 0.15) is 12.1 Å². The molecule has 10 heavy (non-hydrogen) atoms. The van der Waals surface area contributed by atoms with E-state index in [1.54, 1.807) is 11.3 Å². The average Bonchev–Trinajstić information content (AvgIpc) is 2.41. The molecule has 0 atom stereocenters. The third kappa shape index (κ3) is 2.50. The highest BCUT2D eigenvalue weighted by Crippen LogP contribution is 2.03. The molecule has 54 valence electrons. The van der Waals surface area contributed by atoms with Gasteiger partial charge in [-0.25, -0.2) is 4.98 Å². The van der Waals surface area contributed by atoms with Crippen molar-refractivity contribution in [3.8, 4) is 0 Å². The molecule has 0 bridgehead atoms. The zero-order valence-electron chi connectivity index (χ0n) is 5.46. The first-order valence-electron chi connectivity index (χ1n) is 3.04. The third-order valence-corrected chi connectivity index (χ3v) is 1.84. The van der Waals surface area contributed by atoms with Crippen LogP contribution in [0.2, 0.25) is 0 Å². The van der Waals surface area contributed by atoms with Gasteiger partial charge in [0.05, 0.1) is 11.2 Å².